The van der Waals surface area contributed by atoms with Crippen LogP contribution in [0.2, 0.25) is 0 Å². The smallest absolute Gasteiger partial charge is 0.167 e. The van der Waals surface area contributed by atoms with Crippen LogP contribution in [0.3, 0.4) is 0 Å². The zero-order chi connectivity index (χ0) is 24.1. The Morgan fingerprint density at radius 1 is 0.676 bits per heavy atom. The molecule has 172 valence electrons. The Hall–Kier alpha value is -3.79. The molecule has 4 rings (SSSR count). The van der Waals surface area contributed by atoms with Crippen LogP contribution in [-0.2, 0) is 6.42 Å². The zero-order valence-corrected chi connectivity index (χ0v) is 19.1. The van der Waals surface area contributed by atoms with E-state index in [2.05, 4.69) is 0 Å². The van der Waals surface area contributed by atoms with Crippen molar-refractivity contribution in [3.8, 4) is 28.0 Å². The lowest BCUT2D eigenvalue weighted by Crippen LogP contribution is -1.94. The van der Waals surface area contributed by atoms with E-state index in [1.165, 1.54) is 6.07 Å². The van der Waals surface area contributed by atoms with Crippen LogP contribution in [0.15, 0.2) is 78.9 Å². The number of rotatable bonds is 7. The van der Waals surface area contributed by atoms with E-state index in [1.807, 2.05) is 55.5 Å². The highest BCUT2D eigenvalue weighted by molar-refractivity contribution is 5.74. The summed E-state index contributed by atoms with van der Waals surface area (Å²) in [4.78, 5) is 0. The molecule has 0 spiro atoms. The Labute approximate surface area is 198 Å². The van der Waals surface area contributed by atoms with E-state index < -0.39 is 17.5 Å². The first-order chi connectivity index (χ1) is 16.5. The highest BCUT2D eigenvalue weighted by atomic mass is 19.2. The Balaban J connectivity index is 1.52. The van der Waals surface area contributed by atoms with Gasteiger partial charge in [-0.05, 0) is 53.3 Å². The highest BCUT2D eigenvalue weighted by Gasteiger charge is 2.13. The molecule has 0 fully saturated rings. The molecular formula is C30H25F3O. The molecule has 0 aromatic heterocycles. The molecule has 0 amide bonds. The molecule has 0 radical (unpaired) electrons. The summed E-state index contributed by atoms with van der Waals surface area (Å²) in [5.74, 6) is -1.93. The number of benzene rings is 4. The fraction of sp³-hybridized carbons (Fsp3) is 0.133. The summed E-state index contributed by atoms with van der Waals surface area (Å²) in [7, 11) is 0. The number of ether oxygens (including phenoxy) is 1. The number of hydrogen-bond acceptors (Lipinski definition) is 1. The fourth-order valence-electron chi connectivity index (χ4n) is 3.76. The van der Waals surface area contributed by atoms with Crippen LogP contribution < -0.4 is 4.74 Å². The minimum atomic E-state index is -0.880. The van der Waals surface area contributed by atoms with Gasteiger partial charge in [-0.2, -0.15) is 0 Å². The van der Waals surface area contributed by atoms with Crippen molar-refractivity contribution in [2.24, 2.45) is 0 Å². The number of hydrogen-bond donors (Lipinski definition) is 0. The second kappa shape index (κ2) is 10.4. The van der Waals surface area contributed by atoms with E-state index in [1.54, 1.807) is 43.3 Å². The van der Waals surface area contributed by atoms with E-state index in [4.69, 9.17) is 4.74 Å². The van der Waals surface area contributed by atoms with Crippen molar-refractivity contribution in [3.63, 3.8) is 0 Å². The standard InChI is InChI=1S/C30H25F3O/c1-3-20-5-12-23(13-6-20)26-17-15-24(29(32)30(26)33)14-9-21-7-10-22(11-8-21)25-16-18-28(34-4-2)27(31)19-25/h5-19H,3-4H2,1-2H3/b14-9+. The van der Waals surface area contributed by atoms with Gasteiger partial charge in [0, 0.05) is 11.1 Å². The van der Waals surface area contributed by atoms with Crippen LogP contribution in [0.5, 0.6) is 5.75 Å². The first-order valence-electron chi connectivity index (χ1n) is 11.3. The molecule has 0 saturated carbocycles. The van der Waals surface area contributed by atoms with Gasteiger partial charge in [-0.3, -0.25) is 0 Å². The Morgan fingerprint density at radius 3 is 2.00 bits per heavy atom. The molecule has 4 aromatic rings. The largest absolute Gasteiger partial charge is 0.491 e. The number of halogens is 3. The predicted molar refractivity (Wildman–Crippen MR) is 133 cm³/mol. The Bertz CT molecular complexity index is 1310. The molecule has 0 aliphatic carbocycles. The molecular weight excluding hydrogens is 433 g/mol. The Morgan fingerprint density at radius 2 is 1.35 bits per heavy atom. The van der Waals surface area contributed by atoms with Gasteiger partial charge in [0.2, 0.25) is 0 Å². The van der Waals surface area contributed by atoms with Crippen molar-refractivity contribution >= 4 is 12.2 Å². The normalized spacial score (nSPS) is 11.2. The van der Waals surface area contributed by atoms with Crippen LogP contribution >= 0.6 is 0 Å². The predicted octanol–water partition coefficient (Wildman–Crippen LogP) is 8.57. The quantitative estimate of drug-likeness (QED) is 0.252. The van der Waals surface area contributed by atoms with Crippen LogP contribution in [0.1, 0.15) is 30.5 Å². The first-order valence-corrected chi connectivity index (χ1v) is 11.3. The molecule has 4 heteroatoms. The zero-order valence-electron chi connectivity index (χ0n) is 19.1. The molecule has 0 atom stereocenters. The van der Waals surface area contributed by atoms with Gasteiger partial charge in [0.05, 0.1) is 6.61 Å². The van der Waals surface area contributed by atoms with E-state index in [0.29, 0.717) is 12.2 Å². The summed E-state index contributed by atoms with van der Waals surface area (Å²) in [5, 5.41) is 0. The lowest BCUT2D eigenvalue weighted by Gasteiger charge is -2.08. The van der Waals surface area contributed by atoms with Gasteiger partial charge < -0.3 is 4.74 Å². The molecule has 0 bridgehead atoms. The maximum absolute atomic E-state index is 14.8. The monoisotopic (exact) mass is 458 g/mol. The van der Waals surface area contributed by atoms with Gasteiger partial charge >= 0.3 is 0 Å². The van der Waals surface area contributed by atoms with Crippen molar-refractivity contribution in [2.75, 3.05) is 6.61 Å². The van der Waals surface area contributed by atoms with Crippen molar-refractivity contribution in [2.45, 2.75) is 20.3 Å². The molecule has 0 aliphatic heterocycles. The highest BCUT2D eigenvalue weighted by Crippen LogP contribution is 2.29. The summed E-state index contributed by atoms with van der Waals surface area (Å²) in [6.45, 7) is 4.25. The third-order valence-electron chi connectivity index (χ3n) is 5.72. The number of aryl methyl sites for hydroxylation is 1. The lowest BCUT2D eigenvalue weighted by molar-refractivity contribution is 0.321. The third kappa shape index (κ3) is 5.07. The summed E-state index contributed by atoms with van der Waals surface area (Å²) in [6.07, 6.45) is 4.16. The summed E-state index contributed by atoms with van der Waals surface area (Å²) >= 11 is 0. The third-order valence-corrected chi connectivity index (χ3v) is 5.72. The van der Waals surface area contributed by atoms with Crippen LogP contribution in [0, 0.1) is 17.5 Å². The van der Waals surface area contributed by atoms with Gasteiger partial charge in [0.15, 0.2) is 23.2 Å². The van der Waals surface area contributed by atoms with E-state index in [9.17, 15) is 13.2 Å². The first kappa shape index (κ1) is 23.4. The SMILES string of the molecule is CCOc1ccc(-c2ccc(/C=C/c3ccc(-c4ccc(CC)cc4)c(F)c3F)cc2)cc1F. The summed E-state index contributed by atoms with van der Waals surface area (Å²) in [6, 6.07) is 22.9. The van der Waals surface area contributed by atoms with Crippen molar-refractivity contribution in [3.05, 3.63) is 113 Å². The summed E-state index contributed by atoms with van der Waals surface area (Å²) in [5.41, 5.74) is 4.58. The van der Waals surface area contributed by atoms with Crippen LogP contribution in [0.4, 0.5) is 13.2 Å². The molecule has 34 heavy (non-hydrogen) atoms. The topological polar surface area (TPSA) is 9.23 Å². The molecule has 0 N–H and O–H groups in total. The molecule has 1 nitrogen and oxygen atoms in total. The van der Waals surface area contributed by atoms with Crippen molar-refractivity contribution < 1.29 is 17.9 Å². The second-order valence-corrected chi connectivity index (χ2v) is 7.91. The van der Waals surface area contributed by atoms with E-state index in [0.717, 1.165) is 28.7 Å². The van der Waals surface area contributed by atoms with Crippen molar-refractivity contribution in [1.29, 1.82) is 0 Å². The van der Waals surface area contributed by atoms with Crippen LogP contribution in [0.25, 0.3) is 34.4 Å². The molecule has 4 aromatic carbocycles. The summed E-state index contributed by atoms with van der Waals surface area (Å²) < 4.78 is 48.9. The van der Waals surface area contributed by atoms with Gasteiger partial charge in [0.1, 0.15) is 0 Å². The van der Waals surface area contributed by atoms with Gasteiger partial charge in [-0.1, -0.05) is 85.8 Å². The fourth-order valence-corrected chi connectivity index (χ4v) is 3.76. The van der Waals surface area contributed by atoms with Gasteiger partial charge in [-0.15, -0.1) is 0 Å². The second-order valence-electron chi connectivity index (χ2n) is 7.91. The van der Waals surface area contributed by atoms with Crippen LogP contribution in [-0.4, -0.2) is 6.61 Å². The van der Waals surface area contributed by atoms with Gasteiger partial charge in [0.25, 0.3) is 0 Å². The molecule has 0 unspecified atom stereocenters. The average molecular weight is 459 g/mol. The van der Waals surface area contributed by atoms with E-state index in [-0.39, 0.29) is 16.9 Å². The Kier molecular flexibility index (Phi) is 7.17. The van der Waals surface area contributed by atoms with Crippen molar-refractivity contribution in [1.82, 2.24) is 0 Å². The molecule has 0 heterocycles. The average Bonchev–Trinajstić information content (AvgIpc) is 2.87. The minimum Gasteiger partial charge on any atom is -0.491 e. The maximum atomic E-state index is 14.8. The lowest BCUT2D eigenvalue weighted by atomic mass is 10.00. The molecule has 0 saturated heterocycles. The minimum absolute atomic E-state index is 0.170. The van der Waals surface area contributed by atoms with Gasteiger partial charge in [-0.25, -0.2) is 13.2 Å². The maximum Gasteiger partial charge on any atom is 0.167 e. The molecule has 0 aliphatic rings. The van der Waals surface area contributed by atoms with E-state index >= 15 is 0 Å².